The van der Waals surface area contributed by atoms with Crippen molar-refractivity contribution in [1.82, 2.24) is 0 Å². The fourth-order valence-electron chi connectivity index (χ4n) is 5.10. The molecule has 0 aromatic heterocycles. The van der Waals surface area contributed by atoms with Crippen LogP contribution in [0.4, 0.5) is 0 Å². The fourth-order valence-corrected chi connectivity index (χ4v) is 5.10. The smallest absolute Gasteiger partial charge is 0.310 e. The van der Waals surface area contributed by atoms with Gasteiger partial charge in [-0.15, -0.1) is 0 Å². The highest BCUT2D eigenvalue weighted by atomic mass is 16.7. The number of hydrogen-bond acceptors (Lipinski definition) is 9. The van der Waals surface area contributed by atoms with Crippen molar-refractivity contribution in [3.8, 4) is 34.5 Å². The molecule has 2 aromatic carbocycles. The second-order valence-corrected chi connectivity index (χ2v) is 7.85. The molecule has 1 N–H and O–H groups in total. The van der Waals surface area contributed by atoms with Gasteiger partial charge in [0, 0.05) is 17.4 Å². The lowest BCUT2D eigenvalue weighted by Crippen LogP contribution is -2.35. The van der Waals surface area contributed by atoms with Gasteiger partial charge in [0.25, 0.3) is 0 Å². The molecule has 2 aliphatic heterocycles. The van der Waals surface area contributed by atoms with Crippen LogP contribution in [0.3, 0.4) is 0 Å². The highest BCUT2D eigenvalue weighted by Crippen LogP contribution is 2.59. The molecule has 0 bridgehead atoms. The number of carbonyl (C=O) groups excluding carboxylic acids is 1. The summed E-state index contributed by atoms with van der Waals surface area (Å²) in [6, 6.07) is 5.37. The highest BCUT2D eigenvalue weighted by Gasteiger charge is 2.53. The SMILES string of the molecule is COc1cc(C2c3c(cc4c(c3OC)OCO4)C(O)C3COC(=O)C23)cc(OC)c1OC. The molecule has 9 heteroatoms. The minimum atomic E-state index is -0.928. The van der Waals surface area contributed by atoms with E-state index in [1.54, 1.807) is 18.2 Å². The molecule has 4 unspecified atom stereocenters. The zero-order valence-corrected chi connectivity index (χ0v) is 18.2. The lowest BCUT2D eigenvalue weighted by atomic mass is 9.66. The Morgan fingerprint density at radius 2 is 1.59 bits per heavy atom. The van der Waals surface area contributed by atoms with Crippen LogP contribution in [0, 0.1) is 11.8 Å². The molecule has 0 spiro atoms. The molecule has 9 nitrogen and oxygen atoms in total. The van der Waals surface area contributed by atoms with Crippen LogP contribution in [0.5, 0.6) is 34.5 Å². The number of fused-ring (bicyclic) bond motifs is 3. The van der Waals surface area contributed by atoms with Gasteiger partial charge in [-0.2, -0.15) is 0 Å². The lowest BCUT2D eigenvalue weighted by Gasteiger charge is -2.37. The molecule has 0 saturated carbocycles. The topological polar surface area (TPSA) is 102 Å². The van der Waals surface area contributed by atoms with Crippen LogP contribution in [0.1, 0.15) is 28.7 Å². The Balaban J connectivity index is 1.80. The first-order valence-corrected chi connectivity index (χ1v) is 10.2. The maximum atomic E-state index is 12.9. The predicted octanol–water partition coefficient (Wildman–Crippen LogP) is 2.42. The third-order valence-electron chi connectivity index (χ3n) is 6.49. The number of esters is 1. The number of aliphatic hydroxyl groups is 1. The summed E-state index contributed by atoms with van der Waals surface area (Å²) in [5.74, 6) is 0.773. The van der Waals surface area contributed by atoms with Gasteiger partial charge in [-0.3, -0.25) is 4.79 Å². The molecular formula is C23H24O9. The Morgan fingerprint density at radius 3 is 2.22 bits per heavy atom. The Labute approximate surface area is 184 Å². The number of cyclic esters (lactones) is 1. The molecule has 2 aromatic rings. The van der Waals surface area contributed by atoms with Crippen LogP contribution in [-0.4, -0.2) is 52.9 Å². The first-order chi connectivity index (χ1) is 15.5. The standard InChI is InChI=1S/C23H24O9/c1-26-13-5-10(6-14(27-2)20(13)28-3)16-17-11(19(24)12-8-30-23(25)18(12)16)7-15-21(22(17)29-4)32-9-31-15/h5-7,12,16,18-19,24H,8-9H2,1-4H3. The van der Waals surface area contributed by atoms with Crippen molar-refractivity contribution in [3.05, 3.63) is 34.9 Å². The van der Waals surface area contributed by atoms with Gasteiger partial charge in [0.15, 0.2) is 23.0 Å². The van der Waals surface area contributed by atoms with Gasteiger partial charge in [-0.05, 0) is 29.3 Å². The molecule has 0 radical (unpaired) electrons. The van der Waals surface area contributed by atoms with E-state index in [0.29, 0.717) is 45.6 Å². The minimum Gasteiger partial charge on any atom is -0.493 e. The molecule has 170 valence electrons. The van der Waals surface area contributed by atoms with Crippen LogP contribution in [0.25, 0.3) is 0 Å². The Bertz CT molecular complexity index is 1050. The van der Waals surface area contributed by atoms with E-state index in [0.717, 1.165) is 5.56 Å². The first kappa shape index (κ1) is 20.6. The van der Waals surface area contributed by atoms with E-state index in [4.69, 9.17) is 33.2 Å². The molecular weight excluding hydrogens is 420 g/mol. The maximum absolute atomic E-state index is 12.9. The summed E-state index contributed by atoms with van der Waals surface area (Å²) in [6.07, 6.45) is -0.928. The van der Waals surface area contributed by atoms with Crippen LogP contribution >= 0.6 is 0 Å². The normalized spacial score (nSPS) is 25.0. The molecule has 1 saturated heterocycles. The zero-order chi connectivity index (χ0) is 22.6. The van der Waals surface area contributed by atoms with Crippen LogP contribution in [0.15, 0.2) is 18.2 Å². The van der Waals surface area contributed by atoms with Crippen LogP contribution in [0.2, 0.25) is 0 Å². The number of rotatable bonds is 5. The van der Waals surface area contributed by atoms with E-state index in [9.17, 15) is 9.90 Å². The molecule has 32 heavy (non-hydrogen) atoms. The van der Waals surface area contributed by atoms with Crippen molar-refractivity contribution < 1.29 is 43.1 Å². The monoisotopic (exact) mass is 444 g/mol. The molecule has 1 aliphatic carbocycles. The fraction of sp³-hybridized carbons (Fsp3) is 0.435. The number of carbonyl (C=O) groups is 1. The molecule has 2 heterocycles. The van der Waals surface area contributed by atoms with E-state index >= 15 is 0 Å². The molecule has 0 amide bonds. The van der Waals surface area contributed by atoms with Gasteiger partial charge < -0.3 is 38.3 Å². The number of methoxy groups -OCH3 is 4. The molecule has 5 rings (SSSR count). The average molecular weight is 444 g/mol. The molecule has 1 fully saturated rings. The maximum Gasteiger partial charge on any atom is 0.310 e. The summed E-state index contributed by atoms with van der Waals surface area (Å²) in [5, 5.41) is 11.2. The Hall–Kier alpha value is -3.33. The molecule has 4 atom stereocenters. The molecule has 3 aliphatic rings. The number of aliphatic hydroxyl groups excluding tert-OH is 1. The van der Waals surface area contributed by atoms with Crippen LogP contribution < -0.4 is 28.4 Å². The van der Waals surface area contributed by atoms with Crippen molar-refractivity contribution in [3.63, 3.8) is 0 Å². The third-order valence-corrected chi connectivity index (χ3v) is 6.49. The van der Waals surface area contributed by atoms with Crippen molar-refractivity contribution in [2.45, 2.75) is 12.0 Å². The first-order valence-electron chi connectivity index (χ1n) is 10.2. The van der Waals surface area contributed by atoms with Gasteiger partial charge in [0.05, 0.1) is 47.1 Å². The quantitative estimate of drug-likeness (QED) is 0.697. The Kier molecular flexibility index (Phi) is 4.93. The van der Waals surface area contributed by atoms with E-state index in [2.05, 4.69) is 0 Å². The summed E-state index contributed by atoms with van der Waals surface area (Å²) in [5.41, 5.74) is 2.00. The predicted molar refractivity (Wildman–Crippen MR) is 110 cm³/mol. The summed E-state index contributed by atoms with van der Waals surface area (Å²) in [7, 11) is 6.12. The van der Waals surface area contributed by atoms with Gasteiger partial charge in [-0.1, -0.05) is 0 Å². The van der Waals surface area contributed by atoms with E-state index in [1.165, 1.54) is 28.4 Å². The number of ether oxygens (including phenoxy) is 7. The summed E-state index contributed by atoms with van der Waals surface area (Å²) in [4.78, 5) is 12.9. The van der Waals surface area contributed by atoms with Crippen LogP contribution in [-0.2, 0) is 9.53 Å². The summed E-state index contributed by atoms with van der Waals surface area (Å²) < 4.78 is 38.9. The van der Waals surface area contributed by atoms with Gasteiger partial charge >= 0.3 is 5.97 Å². The summed E-state index contributed by atoms with van der Waals surface area (Å²) in [6.45, 7) is 0.177. The number of hydrogen-bond donors (Lipinski definition) is 1. The average Bonchev–Trinajstić information content (AvgIpc) is 3.44. The minimum absolute atomic E-state index is 0.0500. The van der Waals surface area contributed by atoms with E-state index in [-0.39, 0.29) is 19.4 Å². The largest absolute Gasteiger partial charge is 0.493 e. The van der Waals surface area contributed by atoms with Gasteiger partial charge in [0.2, 0.25) is 18.3 Å². The Morgan fingerprint density at radius 1 is 0.906 bits per heavy atom. The van der Waals surface area contributed by atoms with Gasteiger partial charge in [0.1, 0.15) is 0 Å². The van der Waals surface area contributed by atoms with Crippen molar-refractivity contribution in [2.24, 2.45) is 11.8 Å². The van der Waals surface area contributed by atoms with Gasteiger partial charge in [-0.25, -0.2) is 0 Å². The van der Waals surface area contributed by atoms with Crippen molar-refractivity contribution in [1.29, 1.82) is 0 Å². The highest BCUT2D eigenvalue weighted by molar-refractivity contribution is 5.80. The second-order valence-electron chi connectivity index (χ2n) is 7.85. The third kappa shape index (κ3) is 2.77. The van der Waals surface area contributed by atoms with E-state index in [1.807, 2.05) is 0 Å². The second kappa shape index (κ2) is 7.67. The van der Waals surface area contributed by atoms with E-state index < -0.39 is 23.9 Å². The lowest BCUT2D eigenvalue weighted by molar-refractivity contribution is -0.141. The van der Waals surface area contributed by atoms with Crippen molar-refractivity contribution in [2.75, 3.05) is 41.8 Å². The summed E-state index contributed by atoms with van der Waals surface area (Å²) >= 11 is 0. The zero-order valence-electron chi connectivity index (χ0n) is 18.2. The van der Waals surface area contributed by atoms with Crippen molar-refractivity contribution >= 4 is 5.97 Å². The number of benzene rings is 2.